The molecule has 0 aromatic rings. The van der Waals surface area contributed by atoms with Gasteiger partial charge in [-0.15, -0.1) is 11.8 Å². The molecule has 2 heteroatoms. The second kappa shape index (κ2) is 5.21. The van der Waals surface area contributed by atoms with E-state index in [9.17, 15) is 0 Å². The van der Waals surface area contributed by atoms with Crippen LogP contribution >= 0.6 is 0 Å². The van der Waals surface area contributed by atoms with Crippen molar-refractivity contribution in [3.63, 3.8) is 0 Å². The highest BCUT2D eigenvalue weighted by Gasteiger charge is 2.39. The monoisotopic (exact) mass is 220 g/mol. The Hall–Kier alpha value is -0.520. The van der Waals surface area contributed by atoms with Gasteiger partial charge in [0.1, 0.15) is 0 Å². The van der Waals surface area contributed by atoms with Gasteiger partial charge < -0.3 is 10.6 Å². The summed E-state index contributed by atoms with van der Waals surface area (Å²) in [6.07, 6.45) is 7.45. The van der Waals surface area contributed by atoms with Crippen LogP contribution in [-0.4, -0.2) is 30.1 Å². The minimum Gasteiger partial charge on any atom is -0.327 e. The number of nitrogens with zero attached hydrogens (tertiary/aromatic N) is 1. The van der Waals surface area contributed by atoms with Gasteiger partial charge in [0, 0.05) is 24.5 Å². The lowest BCUT2D eigenvalue weighted by molar-refractivity contribution is 0.119. The number of hydrogen-bond acceptors (Lipinski definition) is 2. The molecule has 0 saturated carbocycles. The minimum atomic E-state index is 0.373. The van der Waals surface area contributed by atoms with Gasteiger partial charge in [-0.2, -0.15) is 0 Å². The molecule has 2 N–H and O–H groups in total. The van der Waals surface area contributed by atoms with E-state index in [0.717, 1.165) is 30.8 Å². The number of hydrogen-bond donors (Lipinski definition) is 1. The normalized spacial score (nSPS) is 35.6. The molecule has 2 fully saturated rings. The zero-order valence-corrected chi connectivity index (χ0v) is 10.6. The van der Waals surface area contributed by atoms with Crippen LogP contribution < -0.4 is 5.73 Å². The summed E-state index contributed by atoms with van der Waals surface area (Å²) in [5.74, 6) is 6.82. The summed E-state index contributed by atoms with van der Waals surface area (Å²) >= 11 is 0. The van der Waals surface area contributed by atoms with Crippen molar-refractivity contribution in [3.05, 3.63) is 0 Å². The Balaban J connectivity index is 1.84. The van der Waals surface area contributed by atoms with E-state index in [4.69, 9.17) is 5.73 Å². The summed E-state index contributed by atoms with van der Waals surface area (Å²) in [4.78, 5) is 2.58. The molecule has 0 spiro atoms. The molecule has 2 bridgehead atoms. The first-order chi connectivity index (χ1) is 7.72. The first-order valence-electron chi connectivity index (χ1n) is 6.59. The quantitative estimate of drug-likeness (QED) is 0.737. The fourth-order valence-corrected chi connectivity index (χ4v) is 3.40. The van der Waals surface area contributed by atoms with Crippen LogP contribution in [0.3, 0.4) is 0 Å². The van der Waals surface area contributed by atoms with Crippen LogP contribution in [0, 0.1) is 17.8 Å². The van der Waals surface area contributed by atoms with Gasteiger partial charge in [0.15, 0.2) is 0 Å². The van der Waals surface area contributed by atoms with Gasteiger partial charge in [-0.05, 0) is 52.0 Å². The van der Waals surface area contributed by atoms with Crippen molar-refractivity contribution < 1.29 is 0 Å². The summed E-state index contributed by atoms with van der Waals surface area (Å²) in [6, 6.07) is 2.00. The first kappa shape index (κ1) is 12.0. The largest absolute Gasteiger partial charge is 0.327 e. The molecule has 0 amide bonds. The molecule has 90 valence electrons. The van der Waals surface area contributed by atoms with E-state index in [2.05, 4.69) is 23.8 Å². The molecule has 3 unspecified atom stereocenters. The number of piperidine rings is 1. The van der Waals surface area contributed by atoms with Crippen molar-refractivity contribution in [2.75, 3.05) is 7.05 Å². The van der Waals surface area contributed by atoms with Crippen LogP contribution in [0.4, 0.5) is 0 Å². The summed E-state index contributed by atoms with van der Waals surface area (Å²) in [6.45, 7) is 1.90. The van der Waals surface area contributed by atoms with Gasteiger partial charge in [-0.3, -0.25) is 0 Å². The lowest BCUT2D eigenvalue weighted by Crippen LogP contribution is -2.45. The second-order valence-corrected chi connectivity index (χ2v) is 5.41. The third-order valence-corrected chi connectivity index (χ3v) is 4.52. The Labute approximate surface area is 99.6 Å². The van der Waals surface area contributed by atoms with Crippen LogP contribution in [-0.2, 0) is 0 Å². The Morgan fingerprint density at radius 1 is 1.31 bits per heavy atom. The molecule has 0 aromatic carbocycles. The average Bonchev–Trinajstić information content (AvgIpc) is 2.53. The molecule has 16 heavy (non-hydrogen) atoms. The van der Waals surface area contributed by atoms with Gasteiger partial charge >= 0.3 is 0 Å². The lowest BCUT2D eigenvalue weighted by Gasteiger charge is -2.38. The van der Waals surface area contributed by atoms with Crippen molar-refractivity contribution in [2.24, 2.45) is 11.7 Å². The van der Waals surface area contributed by atoms with E-state index in [1.54, 1.807) is 0 Å². The van der Waals surface area contributed by atoms with Crippen LogP contribution in [0.25, 0.3) is 0 Å². The maximum absolute atomic E-state index is 6.30. The summed E-state index contributed by atoms with van der Waals surface area (Å²) in [7, 11) is 2.28. The van der Waals surface area contributed by atoms with Gasteiger partial charge in [0.25, 0.3) is 0 Å². The molecule has 2 saturated heterocycles. The molecule has 2 aliphatic rings. The van der Waals surface area contributed by atoms with E-state index >= 15 is 0 Å². The van der Waals surface area contributed by atoms with Gasteiger partial charge in [-0.25, -0.2) is 0 Å². The molecule has 3 atom stereocenters. The smallest absolute Gasteiger partial charge is 0.0103 e. The van der Waals surface area contributed by atoms with Crippen molar-refractivity contribution in [3.8, 4) is 11.8 Å². The van der Waals surface area contributed by atoms with Gasteiger partial charge in [0.2, 0.25) is 0 Å². The Bertz CT molecular complexity index is 275. The zero-order valence-electron chi connectivity index (χ0n) is 10.6. The minimum absolute atomic E-state index is 0.373. The van der Waals surface area contributed by atoms with E-state index < -0.39 is 0 Å². The second-order valence-electron chi connectivity index (χ2n) is 5.41. The van der Waals surface area contributed by atoms with Crippen molar-refractivity contribution in [1.82, 2.24) is 4.90 Å². The zero-order chi connectivity index (χ0) is 11.5. The predicted octanol–water partition coefficient (Wildman–Crippen LogP) is 1.99. The fraction of sp³-hybridized carbons (Fsp3) is 0.857. The molecule has 2 aliphatic heterocycles. The summed E-state index contributed by atoms with van der Waals surface area (Å²) in [5, 5.41) is 0. The van der Waals surface area contributed by atoms with Crippen LogP contribution in [0.1, 0.15) is 45.4 Å². The molecule has 0 radical (unpaired) electrons. The molecule has 2 heterocycles. The van der Waals surface area contributed by atoms with Crippen LogP contribution in [0.2, 0.25) is 0 Å². The third kappa shape index (κ3) is 2.42. The predicted molar refractivity (Wildman–Crippen MR) is 68.0 cm³/mol. The number of rotatable bonds is 3. The van der Waals surface area contributed by atoms with E-state index in [-0.39, 0.29) is 0 Å². The maximum atomic E-state index is 6.30. The lowest BCUT2D eigenvalue weighted by atomic mass is 9.84. The Kier molecular flexibility index (Phi) is 3.89. The average molecular weight is 220 g/mol. The Morgan fingerprint density at radius 3 is 2.50 bits per heavy atom. The van der Waals surface area contributed by atoms with Gasteiger partial charge in [0.05, 0.1) is 0 Å². The van der Waals surface area contributed by atoms with Crippen LogP contribution in [0.15, 0.2) is 0 Å². The third-order valence-electron chi connectivity index (χ3n) is 4.52. The van der Waals surface area contributed by atoms with Crippen molar-refractivity contribution in [2.45, 2.75) is 63.6 Å². The van der Waals surface area contributed by atoms with E-state index in [0.29, 0.717) is 6.04 Å². The SMILES string of the molecule is CC#CCCC(N)C1CC2CCC(C1)N2C. The molecular weight excluding hydrogens is 196 g/mol. The molecule has 0 aliphatic carbocycles. The first-order valence-corrected chi connectivity index (χ1v) is 6.59. The summed E-state index contributed by atoms with van der Waals surface area (Å²) < 4.78 is 0. The van der Waals surface area contributed by atoms with Crippen LogP contribution in [0.5, 0.6) is 0 Å². The molecular formula is C14H24N2. The highest BCUT2D eigenvalue weighted by Crippen LogP contribution is 2.38. The highest BCUT2D eigenvalue weighted by molar-refractivity contribution is 4.99. The van der Waals surface area contributed by atoms with E-state index in [1.165, 1.54) is 25.7 Å². The standard InChI is InChI=1S/C14H24N2/c1-3-4-5-6-14(15)11-9-12-7-8-13(10-11)16(12)2/h11-14H,5-10,15H2,1-2H3. The Morgan fingerprint density at radius 2 is 1.94 bits per heavy atom. The molecule has 2 rings (SSSR count). The summed E-state index contributed by atoms with van der Waals surface area (Å²) in [5.41, 5.74) is 6.30. The number of fused-ring (bicyclic) bond motifs is 2. The van der Waals surface area contributed by atoms with Crippen molar-refractivity contribution in [1.29, 1.82) is 0 Å². The maximum Gasteiger partial charge on any atom is 0.0103 e. The topological polar surface area (TPSA) is 29.3 Å². The van der Waals surface area contributed by atoms with Crippen molar-refractivity contribution >= 4 is 0 Å². The highest BCUT2D eigenvalue weighted by atomic mass is 15.2. The fourth-order valence-electron chi connectivity index (χ4n) is 3.40. The number of nitrogens with two attached hydrogens (primary N) is 1. The van der Waals surface area contributed by atoms with Gasteiger partial charge in [-0.1, -0.05) is 0 Å². The van der Waals surface area contributed by atoms with E-state index in [1.807, 2.05) is 6.92 Å². The molecule has 2 nitrogen and oxygen atoms in total. The molecule has 0 aromatic heterocycles.